The van der Waals surface area contributed by atoms with Crippen LogP contribution in [-0.4, -0.2) is 30.3 Å². The lowest BCUT2D eigenvalue weighted by Gasteiger charge is -2.22. The van der Waals surface area contributed by atoms with Crippen LogP contribution in [-0.2, 0) is 9.53 Å². The SMILES string of the molecule is CCN(C(=O)CCC1CCCO1)c1cccc(O)c1. The number of ether oxygens (including phenoxy) is 1. The molecular formula is C15H21NO3. The second kappa shape index (κ2) is 6.57. The summed E-state index contributed by atoms with van der Waals surface area (Å²) in [5.74, 6) is 0.270. The summed E-state index contributed by atoms with van der Waals surface area (Å²) in [5, 5.41) is 9.48. The van der Waals surface area contributed by atoms with E-state index in [-0.39, 0.29) is 17.8 Å². The van der Waals surface area contributed by atoms with Gasteiger partial charge in [0, 0.05) is 31.3 Å². The predicted octanol–water partition coefficient (Wildman–Crippen LogP) is 2.70. The van der Waals surface area contributed by atoms with E-state index >= 15 is 0 Å². The Hall–Kier alpha value is -1.55. The molecule has 1 N–H and O–H groups in total. The standard InChI is InChI=1S/C15H21NO3/c1-2-16(12-5-3-6-13(17)11-12)15(18)9-8-14-7-4-10-19-14/h3,5-6,11,14,17H,2,4,7-10H2,1H3. The number of rotatable bonds is 5. The van der Waals surface area contributed by atoms with Crippen LogP contribution in [0.5, 0.6) is 5.75 Å². The van der Waals surface area contributed by atoms with Crippen molar-refractivity contribution in [2.75, 3.05) is 18.1 Å². The van der Waals surface area contributed by atoms with Gasteiger partial charge in [-0.1, -0.05) is 6.07 Å². The Morgan fingerprint density at radius 3 is 3.00 bits per heavy atom. The number of hydrogen-bond acceptors (Lipinski definition) is 3. The van der Waals surface area contributed by atoms with Gasteiger partial charge in [0.1, 0.15) is 5.75 Å². The third-order valence-corrected chi connectivity index (χ3v) is 3.46. The van der Waals surface area contributed by atoms with Gasteiger partial charge in [-0.15, -0.1) is 0 Å². The van der Waals surface area contributed by atoms with Crippen LogP contribution >= 0.6 is 0 Å². The zero-order chi connectivity index (χ0) is 13.7. The Kier molecular flexibility index (Phi) is 4.80. The highest BCUT2D eigenvalue weighted by atomic mass is 16.5. The minimum atomic E-state index is 0.0867. The van der Waals surface area contributed by atoms with Crippen LogP contribution < -0.4 is 4.90 Å². The van der Waals surface area contributed by atoms with E-state index in [1.807, 2.05) is 13.0 Å². The van der Waals surface area contributed by atoms with Crippen molar-refractivity contribution < 1.29 is 14.6 Å². The summed E-state index contributed by atoms with van der Waals surface area (Å²) in [6.07, 6.45) is 3.68. The molecular weight excluding hydrogens is 242 g/mol. The number of amides is 1. The topological polar surface area (TPSA) is 49.8 Å². The zero-order valence-corrected chi connectivity index (χ0v) is 11.3. The molecule has 4 nitrogen and oxygen atoms in total. The van der Waals surface area contributed by atoms with Crippen LogP contribution in [0.4, 0.5) is 5.69 Å². The lowest BCUT2D eigenvalue weighted by molar-refractivity contribution is -0.119. The molecule has 2 rings (SSSR count). The average molecular weight is 263 g/mol. The Bertz CT molecular complexity index is 427. The van der Waals surface area contributed by atoms with Crippen molar-refractivity contribution in [3.8, 4) is 5.75 Å². The van der Waals surface area contributed by atoms with E-state index < -0.39 is 0 Å². The number of anilines is 1. The third-order valence-electron chi connectivity index (χ3n) is 3.46. The first kappa shape index (κ1) is 13.9. The van der Waals surface area contributed by atoms with E-state index in [1.54, 1.807) is 23.1 Å². The summed E-state index contributed by atoms with van der Waals surface area (Å²) in [6, 6.07) is 6.82. The molecule has 1 heterocycles. The number of hydrogen-bond donors (Lipinski definition) is 1. The molecule has 19 heavy (non-hydrogen) atoms. The van der Waals surface area contributed by atoms with Gasteiger partial charge in [-0.05, 0) is 38.3 Å². The molecule has 0 aliphatic carbocycles. The average Bonchev–Trinajstić information content (AvgIpc) is 2.90. The van der Waals surface area contributed by atoms with Crippen molar-refractivity contribution in [3.05, 3.63) is 24.3 Å². The summed E-state index contributed by atoms with van der Waals surface area (Å²) in [4.78, 5) is 13.9. The summed E-state index contributed by atoms with van der Waals surface area (Å²) in [6.45, 7) is 3.37. The van der Waals surface area contributed by atoms with Crippen LogP contribution in [0.1, 0.15) is 32.6 Å². The lowest BCUT2D eigenvalue weighted by atomic mass is 10.1. The van der Waals surface area contributed by atoms with Gasteiger partial charge in [0.15, 0.2) is 0 Å². The molecule has 1 aromatic carbocycles. The van der Waals surface area contributed by atoms with E-state index in [1.165, 1.54) is 0 Å². The van der Waals surface area contributed by atoms with Crippen molar-refractivity contribution in [1.29, 1.82) is 0 Å². The van der Waals surface area contributed by atoms with Crippen molar-refractivity contribution in [1.82, 2.24) is 0 Å². The minimum Gasteiger partial charge on any atom is -0.508 e. The first-order valence-corrected chi connectivity index (χ1v) is 6.91. The van der Waals surface area contributed by atoms with Crippen molar-refractivity contribution in [2.24, 2.45) is 0 Å². The number of benzene rings is 1. The number of carbonyl (C=O) groups is 1. The molecule has 0 bridgehead atoms. The highest BCUT2D eigenvalue weighted by Gasteiger charge is 2.19. The Labute approximate surface area is 114 Å². The maximum atomic E-state index is 12.2. The van der Waals surface area contributed by atoms with Gasteiger partial charge in [0.25, 0.3) is 0 Å². The quantitative estimate of drug-likeness (QED) is 0.888. The van der Waals surface area contributed by atoms with Crippen molar-refractivity contribution in [2.45, 2.75) is 38.7 Å². The van der Waals surface area contributed by atoms with Gasteiger partial charge in [0.05, 0.1) is 6.10 Å². The number of phenols is 1. The van der Waals surface area contributed by atoms with E-state index in [9.17, 15) is 9.90 Å². The highest BCUT2D eigenvalue weighted by molar-refractivity contribution is 5.93. The molecule has 1 atom stereocenters. The number of aromatic hydroxyl groups is 1. The van der Waals surface area contributed by atoms with E-state index in [0.29, 0.717) is 13.0 Å². The molecule has 0 spiro atoms. The zero-order valence-electron chi connectivity index (χ0n) is 11.3. The second-order valence-electron chi connectivity index (χ2n) is 4.83. The Morgan fingerprint density at radius 2 is 2.37 bits per heavy atom. The number of carbonyl (C=O) groups excluding carboxylic acids is 1. The second-order valence-corrected chi connectivity index (χ2v) is 4.83. The molecule has 1 fully saturated rings. The monoisotopic (exact) mass is 263 g/mol. The maximum Gasteiger partial charge on any atom is 0.227 e. The number of phenolic OH excluding ortho intramolecular Hbond substituents is 1. The third kappa shape index (κ3) is 3.70. The molecule has 0 radical (unpaired) electrons. The van der Waals surface area contributed by atoms with Gasteiger partial charge in [-0.3, -0.25) is 4.79 Å². The lowest BCUT2D eigenvalue weighted by Crippen LogP contribution is -2.31. The predicted molar refractivity (Wildman–Crippen MR) is 74.3 cm³/mol. The van der Waals surface area contributed by atoms with Crippen LogP contribution in [0.15, 0.2) is 24.3 Å². The fourth-order valence-corrected chi connectivity index (χ4v) is 2.46. The first-order chi connectivity index (χ1) is 9.20. The van der Waals surface area contributed by atoms with Gasteiger partial charge in [0.2, 0.25) is 5.91 Å². The number of nitrogens with zero attached hydrogens (tertiary/aromatic N) is 1. The molecule has 1 unspecified atom stereocenters. The normalized spacial score (nSPS) is 18.5. The largest absolute Gasteiger partial charge is 0.508 e. The smallest absolute Gasteiger partial charge is 0.227 e. The van der Waals surface area contributed by atoms with Gasteiger partial charge in [-0.2, -0.15) is 0 Å². The Balaban J connectivity index is 1.94. The molecule has 1 aliphatic rings. The highest BCUT2D eigenvalue weighted by Crippen LogP contribution is 2.22. The molecule has 1 amide bonds. The summed E-state index contributed by atoms with van der Waals surface area (Å²) < 4.78 is 5.53. The van der Waals surface area contributed by atoms with Crippen LogP contribution in [0, 0.1) is 0 Å². The molecule has 0 saturated carbocycles. The maximum absolute atomic E-state index is 12.2. The first-order valence-electron chi connectivity index (χ1n) is 6.91. The summed E-state index contributed by atoms with van der Waals surface area (Å²) in [5.41, 5.74) is 0.750. The molecule has 0 aromatic heterocycles. The van der Waals surface area contributed by atoms with E-state index in [0.717, 1.165) is 31.6 Å². The van der Waals surface area contributed by atoms with E-state index in [2.05, 4.69) is 0 Å². The van der Waals surface area contributed by atoms with Crippen molar-refractivity contribution >= 4 is 11.6 Å². The molecule has 1 aromatic rings. The summed E-state index contributed by atoms with van der Waals surface area (Å²) >= 11 is 0. The molecule has 1 aliphatic heterocycles. The minimum absolute atomic E-state index is 0.0867. The summed E-state index contributed by atoms with van der Waals surface area (Å²) in [7, 11) is 0. The molecule has 1 saturated heterocycles. The van der Waals surface area contributed by atoms with Gasteiger partial charge < -0.3 is 14.7 Å². The molecule has 104 valence electrons. The van der Waals surface area contributed by atoms with Crippen LogP contribution in [0.25, 0.3) is 0 Å². The van der Waals surface area contributed by atoms with Crippen LogP contribution in [0.2, 0.25) is 0 Å². The fraction of sp³-hybridized carbons (Fsp3) is 0.533. The van der Waals surface area contributed by atoms with E-state index in [4.69, 9.17) is 4.74 Å². The van der Waals surface area contributed by atoms with Crippen LogP contribution in [0.3, 0.4) is 0 Å². The van der Waals surface area contributed by atoms with Crippen molar-refractivity contribution in [3.63, 3.8) is 0 Å². The van der Waals surface area contributed by atoms with Gasteiger partial charge >= 0.3 is 0 Å². The van der Waals surface area contributed by atoms with Gasteiger partial charge in [-0.25, -0.2) is 0 Å². The fourth-order valence-electron chi connectivity index (χ4n) is 2.46. The Morgan fingerprint density at radius 1 is 1.53 bits per heavy atom. The molecule has 4 heteroatoms.